The normalized spacial score (nSPS) is 12.5. The summed E-state index contributed by atoms with van der Waals surface area (Å²) < 4.78 is 13.8. The van der Waals surface area contributed by atoms with Gasteiger partial charge in [0.15, 0.2) is 0 Å². The highest BCUT2D eigenvalue weighted by molar-refractivity contribution is 6.38. The Bertz CT molecular complexity index is 4390. The van der Waals surface area contributed by atoms with Gasteiger partial charge in [0.05, 0.1) is 49.7 Å². The molecule has 9 aromatic carbocycles. The average Bonchev–Trinajstić information content (AvgIpc) is 4.13. The summed E-state index contributed by atoms with van der Waals surface area (Å²) >= 11 is 0. The second-order valence-electron chi connectivity index (χ2n) is 16.5. The minimum atomic E-state index is 0.554. The Morgan fingerprint density at radius 1 is 0.371 bits per heavy atom. The lowest BCUT2D eigenvalue weighted by Crippen LogP contribution is -2.03. The molecule has 0 aliphatic rings. The van der Waals surface area contributed by atoms with E-state index in [-0.39, 0.29) is 0 Å². The van der Waals surface area contributed by atoms with Gasteiger partial charge in [-0.1, -0.05) is 133 Å². The fourth-order valence-electron chi connectivity index (χ4n) is 10.9. The number of hydrogen-bond acceptors (Lipinski definition) is 3. The summed E-state index contributed by atoms with van der Waals surface area (Å²) in [6, 6.07) is 67.5. The zero-order valence-electron chi connectivity index (χ0n) is 33.0. The van der Waals surface area contributed by atoms with Crippen LogP contribution in [-0.4, -0.2) is 23.5 Å². The molecule has 0 radical (unpaired) electrons. The van der Waals surface area contributed by atoms with Gasteiger partial charge in [0.1, 0.15) is 5.58 Å². The van der Waals surface area contributed by atoms with Crippen molar-refractivity contribution in [3.63, 3.8) is 0 Å². The molecular formula is C56H31N5O. The maximum absolute atomic E-state index is 6.72. The molecule has 0 saturated carbocycles. The van der Waals surface area contributed by atoms with Crippen LogP contribution < -0.4 is 0 Å². The molecule has 0 atom stereocenters. The Hall–Kier alpha value is -8.48. The first-order chi connectivity index (χ1) is 30.8. The molecule has 0 bridgehead atoms. The topological polar surface area (TPSA) is 53.2 Å². The SMILES string of the molecule is c1ccc(-n2c3ccccc3c3ccc(-c4nc(-n5c6ccc7ccccc7c6c6c7c8ccccc8n8c9ccccc9c(cc65)c78)nc5oc6ccccc6c45)cc32)cc1. The van der Waals surface area contributed by atoms with Gasteiger partial charge < -0.3 is 13.4 Å². The third-order valence-electron chi connectivity index (χ3n) is 13.4. The van der Waals surface area contributed by atoms with Gasteiger partial charge in [-0.2, -0.15) is 4.98 Å². The van der Waals surface area contributed by atoms with Crippen LogP contribution in [0.5, 0.6) is 0 Å². The lowest BCUT2D eigenvalue weighted by molar-refractivity contribution is 0.651. The minimum absolute atomic E-state index is 0.554. The van der Waals surface area contributed by atoms with Gasteiger partial charge in [0.2, 0.25) is 11.7 Å². The number of para-hydroxylation sites is 5. The van der Waals surface area contributed by atoms with Crippen molar-refractivity contribution < 1.29 is 4.42 Å². The molecular weight excluding hydrogens is 759 g/mol. The molecule has 0 fully saturated rings. The van der Waals surface area contributed by atoms with Crippen molar-refractivity contribution in [2.45, 2.75) is 0 Å². The van der Waals surface area contributed by atoms with Gasteiger partial charge in [0.25, 0.3) is 0 Å². The Morgan fingerprint density at radius 3 is 1.87 bits per heavy atom. The van der Waals surface area contributed by atoms with Crippen LogP contribution in [-0.2, 0) is 0 Å². The first-order valence-electron chi connectivity index (χ1n) is 21.1. The van der Waals surface area contributed by atoms with E-state index in [2.05, 4.69) is 189 Å². The van der Waals surface area contributed by atoms with E-state index < -0.39 is 0 Å². The molecule has 0 aliphatic heterocycles. The van der Waals surface area contributed by atoms with Crippen LogP contribution >= 0.6 is 0 Å². The smallest absolute Gasteiger partial charge is 0.238 e. The van der Waals surface area contributed by atoms with Crippen molar-refractivity contribution >= 4 is 115 Å². The highest BCUT2D eigenvalue weighted by Crippen LogP contribution is 2.48. The zero-order valence-corrected chi connectivity index (χ0v) is 33.0. The van der Waals surface area contributed by atoms with Gasteiger partial charge in [0, 0.05) is 59.7 Å². The second kappa shape index (κ2) is 11.6. The predicted molar refractivity (Wildman–Crippen MR) is 256 cm³/mol. The summed E-state index contributed by atoms with van der Waals surface area (Å²) in [7, 11) is 0. The molecule has 0 amide bonds. The molecule has 6 aromatic heterocycles. The Kier molecular flexibility index (Phi) is 6.07. The van der Waals surface area contributed by atoms with Crippen molar-refractivity contribution in [1.82, 2.24) is 23.5 Å². The lowest BCUT2D eigenvalue weighted by atomic mass is 9.99. The van der Waals surface area contributed by atoms with E-state index in [9.17, 15) is 0 Å². The van der Waals surface area contributed by atoms with Crippen molar-refractivity contribution in [3.05, 3.63) is 188 Å². The maximum atomic E-state index is 6.72. The van der Waals surface area contributed by atoms with E-state index in [0.29, 0.717) is 11.7 Å². The van der Waals surface area contributed by atoms with Gasteiger partial charge in [-0.25, -0.2) is 4.98 Å². The van der Waals surface area contributed by atoms with Crippen LogP contribution in [0.3, 0.4) is 0 Å². The summed E-state index contributed by atoms with van der Waals surface area (Å²) in [5, 5.41) is 13.9. The van der Waals surface area contributed by atoms with E-state index in [1.807, 2.05) is 12.1 Å². The van der Waals surface area contributed by atoms with Gasteiger partial charge in [-0.05, 0) is 65.4 Å². The molecule has 15 aromatic rings. The molecule has 62 heavy (non-hydrogen) atoms. The molecule has 0 N–H and O–H groups in total. The van der Waals surface area contributed by atoms with Gasteiger partial charge in [-0.15, -0.1) is 0 Å². The molecule has 15 rings (SSSR count). The van der Waals surface area contributed by atoms with Crippen LogP contribution in [0.15, 0.2) is 192 Å². The third-order valence-corrected chi connectivity index (χ3v) is 13.4. The molecule has 0 unspecified atom stereocenters. The summed E-state index contributed by atoms with van der Waals surface area (Å²) in [6.07, 6.45) is 0. The fourth-order valence-corrected chi connectivity index (χ4v) is 10.9. The Morgan fingerprint density at radius 2 is 1.03 bits per heavy atom. The minimum Gasteiger partial charge on any atom is -0.437 e. The number of benzene rings is 9. The lowest BCUT2D eigenvalue weighted by Gasteiger charge is -2.11. The van der Waals surface area contributed by atoms with E-state index in [1.54, 1.807) is 0 Å². The number of aromatic nitrogens is 5. The van der Waals surface area contributed by atoms with Crippen molar-refractivity contribution in [3.8, 4) is 22.9 Å². The average molecular weight is 790 g/mol. The Balaban J connectivity index is 1.12. The van der Waals surface area contributed by atoms with E-state index in [4.69, 9.17) is 14.4 Å². The number of hydrogen-bond donors (Lipinski definition) is 0. The fraction of sp³-hybridized carbons (Fsp3) is 0. The molecule has 0 aliphatic carbocycles. The number of rotatable bonds is 3. The highest BCUT2D eigenvalue weighted by atomic mass is 16.3. The standard InChI is InChI=1S/C56H31N5O/c1-2-15-34(16-3-1)59-42-22-10-6-18-36(42)38-28-26-33(30-46(38)59)53-51-40-21-9-13-25-48(40)62-55(51)58-56(57-53)61-45-29-27-32-14-4-5-17-35(32)49(45)52-47(61)31-41-37-19-7-11-23-43(37)60-44-24-12-8-20-39(44)50(52)54(41)60/h1-31H. The molecule has 0 saturated heterocycles. The van der Waals surface area contributed by atoms with Gasteiger partial charge in [-0.3, -0.25) is 4.57 Å². The molecule has 6 nitrogen and oxygen atoms in total. The van der Waals surface area contributed by atoms with Crippen molar-refractivity contribution in [2.75, 3.05) is 0 Å². The van der Waals surface area contributed by atoms with E-state index in [1.165, 1.54) is 70.4 Å². The summed E-state index contributed by atoms with van der Waals surface area (Å²) in [5.41, 5.74) is 12.3. The van der Waals surface area contributed by atoms with Crippen LogP contribution in [0, 0.1) is 0 Å². The summed E-state index contributed by atoms with van der Waals surface area (Å²) in [6.45, 7) is 0. The van der Waals surface area contributed by atoms with Gasteiger partial charge >= 0.3 is 0 Å². The second-order valence-corrected chi connectivity index (χ2v) is 16.5. The largest absolute Gasteiger partial charge is 0.437 e. The van der Waals surface area contributed by atoms with Crippen LogP contribution in [0.4, 0.5) is 0 Å². The monoisotopic (exact) mass is 789 g/mol. The van der Waals surface area contributed by atoms with Crippen LogP contribution in [0.1, 0.15) is 0 Å². The number of fused-ring (bicyclic) bond motifs is 18. The molecule has 6 heterocycles. The first-order valence-corrected chi connectivity index (χ1v) is 21.1. The van der Waals surface area contributed by atoms with Crippen LogP contribution in [0.25, 0.3) is 137 Å². The third kappa shape index (κ3) is 4.04. The van der Waals surface area contributed by atoms with Crippen LogP contribution in [0.2, 0.25) is 0 Å². The predicted octanol–water partition coefficient (Wildman–Crippen LogP) is 14.5. The summed E-state index contributed by atoms with van der Waals surface area (Å²) in [5.74, 6) is 0.562. The Labute approximate surface area is 352 Å². The maximum Gasteiger partial charge on any atom is 0.238 e. The van der Waals surface area contributed by atoms with Crippen molar-refractivity contribution in [1.29, 1.82) is 0 Å². The highest BCUT2D eigenvalue weighted by Gasteiger charge is 2.27. The molecule has 6 heteroatoms. The van der Waals surface area contributed by atoms with Crippen molar-refractivity contribution in [2.24, 2.45) is 0 Å². The number of furan rings is 1. The quantitative estimate of drug-likeness (QED) is 0.179. The number of nitrogens with zero attached hydrogens (tertiary/aromatic N) is 5. The van der Waals surface area contributed by atoms with E-state index in [0.717, 1.165) is 55.4 Å². The van der Waals surface area contributed by atoms with E-state index >= 15 is 0 Å². The zero-order chi connectivity index (χ0) is 40.2. The summed E-state index contributed by atoms with van der Waals surface area (Å²) in [4.78, 5) is 11.1. The molecule has 0 spiro atoms. The molecule has 286 valence electrons. The first kappa shape index (κ1) is 32.4.